The molecule has 0 aliphatic carbocycles. The van der Waals surface area contributed by atoms with Gasteiger partial charge in [-0.2, -0.15) is 0 Å². The summed E-state index contributed by atoms with van der Waals surface area (Å²) in [6.07, 6.45) is 3.52. The molecule has 0 heterocycles. The van der Waals surface area contributed by atoms with Crippen molar-refractivity contribution in [1.82, 2.24) is 0 Å². The fraction of sp³-hybridized carbons (Fsp3) is 0. The molecule has 2 aromatic rings. The summed E-state index contributed by atoms with van der Waals surface area (Å²) in [5, 5.41) is 0. The smallest absolute Gasteiger partial charge is 0.130 e. The van der Waals surface area contributed by atoms with E-state index in [0.29, 0.717) is 11.5 Å². The number of hydrogen-bond donors (Lipinski definition) is 3. The molecule has 0 radical (unpaired) electrons. The Hall–Kier alpha value is -1.92. The van der Waals surface area contributed by atoms with Gasteiger partial charge in [0, 0.05) is 23.1 Å². The van der Waals surface area contributed by atoms with Gasteiger partial charge in [0.2, 0.25) is 0 Å². The fourth-order valence-corrected chi connectivity index (χ4v) is 1.58. The Balaban J connectivity index is -0.000001000. The summed E-state index contributed by atoms with van der Waals surface area (Å²) in [5.41, 5.74) is 20.4. The zero-order valence-electron chi connectivity index (χ0n) is 12.2. The predicted molar refractivity (Wildman–Crippen MR) is 107 cm³/mol. The molecule has 8 N–H and O–H groups in total. The number of benzene rings is 2. The van der Waals surface area contributed by atoms with E-state index in [1.54, 1.807) is 18.3 Å². The molecule has 0 aliphatic rings. The lowest BCUT2D eigenvalue weighted by molar-refractivity contribution is 0.824. The van der Waals surface area contributed by atoms with Crippen molar-refractivity contribution in [2.75, 3.05) is 11.5 Å². The molecule has 128 valence electrons. The van der Waals surface area contributed by atoms with Gasteiger partial charge in [-0.3, -0.25) is 0 Å². The number of amidine groups is 1. The van der Waals surface area contributed by atoms with Crippen molar-refractivity contribution in [1.29, 1.82) is 0 Å². The molecule has 0 aromatic heterocycles. The topological polar surface area (TPSA) is 122 Å². The molecule has 0 amide bonds. The molecule has 23 heavy (non-hydrogen) atoms. The summed E-state index contributed by atoms with van der Waals surface area (Å²) in [5.74, 6) is 0.430. The van der Waals surface area contributed by atoms with Crippen molar-refractivity contribution in [3.05, 3.63) is 65.9 Å². The predicted octanol–water partition coefficient (Wildman–Crippen LogP) is 2.67. The molecule has 0 saturated carbocycles. The van der Waals surface area contributed by atoms with Gasteiger partial charge in [0.1, 0.15) is 5.84 Å². The van der Waals surface area contributed by atoms with Crippen LogP contribution in [0.25, 0.3) is 6.08 Å². The molecule has 0 unspecified atom stereocenters. The third kappa shape index (κ3) is 8.32. The molecule has 0 atom stereocenters. The monoisotopic (exact) mass is 378 g/mol. The molecule has 2 aromatic carbocycles. The van der Waals surface area contributed by atoms with Gasteiger partial charge >= 0.3 is 0 Å². The van der Waals surface area contributed by atoms with Crippen molar-refractivity contribution < 1.29 is 5.48 Å². The van der Waals surface area contributed by atoms with Crippen molar-refractivity contribution >= 4 is 60.5 Å². The number of anilines is 2. The zero-order chi connectivity index (χ0) is 13.7. The molecule has 5 nitrogen and oxygen atoms in total. The lowest BCUT2D eigenvalue weighted by Gasteiger charge is -2.00. The Morgan fingerprint density at radius 2 is 1.48 bits per heavy atom. The van der Waals surface area contributed by atoms with Gasteiger partial charge < -0.3 is 22.7 Å². The number of hydrogen-bond acceptors (Lipinski definition) is 3. The lowest BCUT2D eigenvalue weighted by Crippen LogP contribution is -2.12. The zero-order valence-corrected chi connectivity index (χ0v) is 14.6. The number of halogens is 3. The molecule has 0 bridgehead atoms. The summed E-state index contributed by atoms with van der Waals surface area (Å²) in [4.78, 5) is 4.18. The molecule has 2 rings (SSSR count). The maximum absolute atomic E-state index is 5.88. The van der Waals surface area contributed by atoms with Crippen molar-refractivity contribution in [3.63, 3.8) is 0 Å². The van der Waals surface area contributed by atoms with Crippen LogP contribution in [0.1, 0.15) is 11.1 Å². The Morgan fingerprint density at radius 1 is 0.870 bits per heavy atom. The first-order valence-corrected chi connectivity index (χ1v) is 5.86. The number of nitrogens with two attached hydrogens (primary N) is 3. The molecule has 0 spiro atoms. The molecule has 8 heteroatoms. The highest BCUT2D eigenvalue weighted by Crippen LogP contribution is 2.08. The highest BCUT2D eigenvalue weighted by Gasteiger charge is 1.96. The number of nitrogens with zero attached hydrogens (tertiary/aromatic N) is 1. The van der Waals surface area contributed by atoms with Gasteiger partial charge in [-0.15, -0.1) is 37.2 Å². The highest BCUT2D eigenvalue weighted by molar-refractivity contribution is 5.98. The van der Waals surface area contributed by atoms with Gasteiger partial charge in [0.15, 0.2) is 0 Å². The van der Waals surface area contributed by atoms with E-state index in [1.165, 1.54) is 0 Å². The molecule has 0 fully saturated rings. The summed E-state index contributed by atoms with van der Waals surface area (Å²) in [6, 6.07) is 14.8. The van der Waals surface area contributed by atoms with E-state index in [4.69, 9.17) is 17.2 Å². The van der Waals surface area contributed by atoms with Crippen LogP contribution < -0.4 is 17.2 Å². The summed E-state index contributed by atoms with van der Waals surface area (Å²) >= 11 is 0. The minimum absolute atomic E-state index is 0. The first-order valence-electron chi connectivity index (χ1n) is 5.86. The van der Waals surface area contributed by atoms with E-state index < -0.39 is 0 Å². The molecular formula is C15H21Cl3N4O. The van der Waals surface area contributed by atoms with Crippen LogP contribution in [0.15, 0.2) is 59.7 Å². The third-order valence-electron chi connectivity index (χ3n) is 2.60. The van der Waals surface area contributed by atoms with E-state index in [-0.39, 0.29) is 42.7 Å². The van der Waals surface area contributed by atoms with E-state index in [1.807, 2.05) is 42.5 Å². The maximum atomic E-state index is 5.88. The van der Waals surface area contributed by atoms with Gasteiger partial charge in [0.05, 0.1) is 0 Å². The minimum Gasteiger partial charge on any atom is -0.412 e. The number of aliphatic imine (C=N–C) groups is 1. The Labute approximate surface area is 154 Å². The van der Waals surface area contributed by atoms with E-state index in [2.05, 4.69) is 4.99 Å². The normalized spacial score (nSPS) is 9.83. The van der Waals surface area contributed by atoms with Gasteiger partial charge in [-0.25, -0.2) is 4.99 Å². The summed E-state index contributed by atoms with van der Waals surface area (Å²) in [6.45, 7) is 0. The van der Waals surface area contributed by atoms with Crippen molar-refractivity contribution in [2.45, 2.75) is 0 Å². The second kappa shape index (κ2) is 12.6. The largest absolute Gasteiger partial charge is 0.412 e. The van der Waals surface area contributed by atoms with Crippen LogP contribution in [0.5, 0.6) is 0 Å². The first-order chi connectivity index (χ1) is 9.15. The Morgan fingerprint density at radius 3 is 2.04 bits per heavy atom. The average Bonchev–Trinajstić information content (AvgIpc) is 2.41. The second-order valence-electron chi connectivity index (χ2n) is 4.12. The van der Waals surface area contributed by atoms with E-state index >= 15 is 0 Å². The standard InChI is InChI=1S/C15H16N4.3ClH.H2O/c16-13-6-4-11(5-7-13)8-9-19-15(18)12-2-1-3-14(17)10-12;;;;/h1-10H,16-17H2,(H2,18,19);3*1H;1H2. The second-order valence-corrected chi connectivity index (χ2v) is 4.12. The van der Waals surface area contributed by atoms with Gasteiger partial charge in [-0.1, -0.05) is 24.3 Å². The van der Waals surface area contributed by atoms with Crippen LogP contribution in [0.2, 0.25) is 0 Å². The van der Waals surface area contributed by atoms with Crippen molar-refractivity contribution in [2.24, 2.45) is 10.7 Å². The van der Waals surface area contributed by atoms with Crippen LogP contribution in [0.4, 0.5) is 11.4 Å². The van der Waals surface area contributed by atoms with Crippen molar-refractivity contribution in [3.8, 4) is 0 Å². The number of nitrogen functional groups attached to an aromatic ring is 2. The first kappa shape index (κ1) is 26.0. The summed E-state index contributed by atoms with van der Waals surface area (Å²) < 4.78 is 0. The quantitative estimate of drug-likeness (QED) is 0.431. The third-order valence-corrected chi connectivity index (χ3v) is 2.60. The average molecular weight is 380 g/mol. The van der Waals surface area contributed by atoms with E-state index in [0.717, 1.165) is 16.8 Å². The fourth-order valence-electron chi connectivity index (χ4n) is 1.58. The van der Waals surface area contributed by atoms with E-state index in [9.17, 15) is 0 Å². The Kier molecular flexibility index (Phi) is 14.3. The van der Waals surface area contributed by atoms with Crippen LogP contribution in [0, 0.1) is 0 Å². The van der Waals surface area contributed by atoms with Gasteiger partial charge in [0.25, 0.3) is 0 Å². The summed E-state index contributed by atoms with van der Waals surface area (Å²) in [7, 11) is 0. The highest BCUT2D eigenvalue weighted by atomic mass is 35.5. The minimum atomic E-state index is 0. The van der Waals surface area contributed by atoms with Gasteiger partial charge in [-0.05, 0) is 35.9 Å². The molecular weight excluding hydrogens is 359 g/mol. The molecule has 0 saturated heterocycles. The molecule has 0 aliphatic heterocycles. The van der Waals surface area contributed by atoms with Crippen LogP contribution in [-0.2, 0) is 0 Å². The van der Waals surface area contributed by atoms with Crippen LogP contribution in [0.3, 0.4) is 0 Å². The van der Waals surface area contributed by atoms with Crippen LogP contribution >= 0.6 is 37.2 Å². The lowest BCUT2D eigenvalue weighted by atomic mass is 10.2. The van der Waals surface area contributed by atoms with Crippen LogP contribution in [-0.4, -0.2) is 11.3 Å². The maximum Gasteiger partial charge on any atom is 0.130 e. The number of rotatable bonds is 3. The SMILES string of the molecule is Cl.Cl.Cl.NC(=NC=Cc1ccc(N)cc1)c1cccc(N)c1.O. The Bertz CT molecular complexity index is 631.